The summed E-state index contributed by atoms with van der Waals surface area (Å²) in [5.41, 5.74) is -0.458. The van der Waals surface area contributed by atoms with E-state index in [0.717, 1.165) is 70.9 Å². The SMILES string of the molecule is CCNC(=NCCCCn1cnnc1)N1CCC(CN(CC)C(=O)OC(C)(C)C)CC1. The summed E-state index contributed by atoms with van der Waals surface area (Å²) in [4.78, 5) is 21.4. The number of carbonyl (C=O) groups is 1. The molecule has 0 bridgehead atoms. The van der Waals surface area contributed by atoms with E-state index in [-0.39, 0.29) is 6.09 Å². The number of nitrogens with one attached hydrogen (secondary N) is 1. The molecule has 1 aliphatic heterocycles. The number of guanidine groups is 1. The van der Waals surface area contributed by atoms with Crippen LogP contribution in [-0.4, -0.2) is 81.5 Å². The van der Waals surface area contributed by atoms with Gasteiger partial charge in [0, 0.05) is 45.8 Å². The number of aliphatic imine (C=N–C) groups is 1. The highest BCUT2D eigenvalue weighted by Crippen LogP contribution is 2.20. The average molecular weight is 436 g/mol. The molecular weight excluding hydrogens is 394 g/mol. The van der Waals surface area contributed by atoms with Gasteiger partial charge >= 0.3 is 6.09 Å². The van der Waals surface area contributed by atoms with Gasteiger partial charge in [-0.2, -0.15) is 0 Å². The van der Waals surface area contributed by atoms with E-state index in [4.69, 9.17) is 9.73 Å². The van der Waals surface area contributed by atoms with Crippen LogP contribution in [0.15, 0.2) is 17.6 Å². The maximum absolute atomic E-state index is 12.4. The molecule has 0 atom stereocenters. The van der Waals surface area contributed by atoms with E-state index in [0.29, 0.717) is 12.5 Å². The monoisotopic (exact) mass is 435 g/mol. The molecule has 0 radical (unpaired) electrons. The lowest BCUT2D eigenvalue weighted by Gasteiger charge is -2.36. The maximum Gasteiger partial charge on any atom is 0.410 e. The standard InChI is InChI=1S/C22H41N7O2/c1-6-23-20(24-12-8-9-13-27-17-25-26-18-27)29-14-10-19(11-15-29)16-28(7-2)21(30)31-22(3,4)5/h17-19H,6-16H2,1-5H3,(H,23,24). The van der Waals surface area contributed by atoms with Gasteiger partial charge in [0.15, 0.2) is 5.96 Å². The molecule has 2 rings (SSSR count). The molecule has 0 saturated carbocycles. The van der Waals surface area contributed by atoms with Crippen molar-refractivity contribution in [3.63, 3.8) is 0 Å². The molecule has 0 aliphatic carbocycles. The van der Waals surface area contributed by atoms with Crippen LogP contribution in [-0.2, 0) is 11.3 Å². The van der Waals surface area contributed by atoms with Crippen LogP contribution in [0.3, 0.4) is 0 Å². The number of aromatic nitrogens is 3. The predicted molar refractivity (Wildman–Crippen MR) is 123 cm³/mol. The van der Waals surface area contributed by atoms with Crippen molar-refractivity contribution in [1.82, 2.24) is 29.9 Å². The molecule has 0 spiro atoms. The molecule has 9 heteroatoms. The van der Waals surface area contributed by atoms with E-state index in [1.54, 1.807) is 12.7 Å². The second-order valence-corrected chi connectivity index (χ2v) is 9.09. The highest BCUT2D eigenvalue weighted by Gasteiger charge is 2.27. The molecule has 1 aliphatic rings. The fourth-order valence-corrected chi connectivity index (χ4v) is 3.65. The Balaban J connectivity index is 1.77. The van der Waals surface area contributed by atoms with E-state index in [1.807, 2.05) is 37.2 Å². The van der Waals surface area contributed by atoms with Gasteiger partial charge in [-0.05, 0) is 66.2 Å². The van der Waals surface area contributed by atoms with Crippen molar-refractivity contribution in [2.24, 2.45) is 10.9 Å². The first-order valence-electron chi connectivity index (χ1n) is 11.7. The number of rotatable bonds is 9. The van der Waals surface area contributed by atoms with Crippen LogP contribution in [0.2, 0.25) is 0 Å². The van der Waals surface area contributed by atoms with Gasteiger partial charge in [-0.1, -0.05) is 0 Å². The number of piperidine rings is 1. The zero-order valence-corrected chi connectivity index (χ0v) is 20.0. The summed E-state index contributed by atoms with van der Waals surface area (Å²) < 4.78 is 7.55. The summed E-state index contributed by atoms with van der Waals surface area (Å²) in [6, 6.07) is 0. The van der Waals surface area contributed by atoms with Crippen molar-refractivity contribution < 1.29 is 9.53 Å². The second-order valence-electron chi connectivity index (χ2n) is 9.09. The van der Waals surface area contributed by atoms with Crippen LogP contribution in [0.5, 0.6) is 0 Å². The number of nitrogens with zero attached hydrogens (tertiary/aromatic N) is 6. The van der Waals surface area contributed by atoms with Gasteiger partial charge in [0.2, 0.25) is 0 Å². The molecular formula is C22H41N7O2. The Bertz CT molecular complexity index is 662. The van der Waals surface area contributed by atoms with E-state index in [1.165, 1.54) is 0 Å². The molecule has 2 heterocycles. The molecule has 0 unspecified atom stereocenters. The van der Waals surface area contributed by atoms with Gasteiger partial charge in [-0.15, -0.1) is 10.2 Å². The van der Waals surface area contributed by atoms with Crippen LogP contribution in [0.25, 0.3) is 0 Å². The Morgan fingerprint density at radius 3 is 2.45 bits per heavy atom. The Morgan fingerprint density at radius 2 is 1.87 bits per heavy atom. The normalized spacial score (nSPS) is 15.8. The van der Waals surface area contributed by atoms with Gasteiger partial charge in [0.25, 0.3) is 0 Å². The van der Waals surface area contributed by atoms with Gasteiger partial charge in [0.05, 0.1) is 0 Å². The summed E-state index contributed by atoms with van der Waals surface area (Å²) in [5, 5.41) is 11.1. The minimum Gasteiger partial charge on any atom is -0.444 e. The maximum atomic E-state index is 12.4. The van der Waals surface area contributed by atoms with Crippen LogP contribution in [0.1, 0.15) is 60.3 Å². The van der Waals surface area contributed by atoms with Crippen LogP contribution in [0, 0.1) is 5.92 Å². The van der Waals surface area contributed by atoms with Crippen LogP contribution >= 0.6 is 0 Å². The van der Waals surface area contributed by atoms with E-state index in [2.05, 4.69) is 27.3 Å². The summed E-state index contributed by atoms with van der Waals surface area (Å²) in [5.74, 6) is 1.50. The zero-order chi connectivity index (χ0) is 22.7. The Kier molecular flexibility index (Phi) is 10.1. The van der Waals surface area contributed by atoms with Gasteiger partial charge in [-0.3, -0.25) is 4.99 Å². The van der Waals surface area contributed by atoms with Crippen molar-refractivity contribution >= 4 is 12.1 Å². The molecule has 1 aromatic heterocycles. The highest BCUT2D eigenvalue weighted by molar-refractivity contribution is 5.80. The first-order chi connectivity index (χ1) is 14.8. The Morgan fingerprint density at radius 1 is 1.19 bits per heavy atom. The van der Waals surface area contributed by atoms with Crippen molar-refractivity contribution in [3.8, 4) is 0 Å². The lowest BCUT2D eigenvalue weighted by atomic mass is 9.96. The smallest absolute Gasteiger partial charge is 0.410 e. The van der Waals surface area contributed by atoms with Crippen molar-refractivity contribution in [2.75, 3.05) is 39.3 Å². The van der Waals surface area contributed by atoms with Gasteiger partial charge in [0.1, 0.15) is 18.3 Å². The van der Waals surface area contributed by atoms with Gasteiger partial charge < -0.3 is 24.4 Å². The second kappa shape index (κ2) is 12.5. The minimum atomic E-state index is -0.458. The van der Waals surface area contributed by atoms with E-state index >= 15 is 0 Å². The van der Waals surface area contributed by atoms with Crippen molar-refractivity contribution in [2.45, 2.75) is 72.4 Å². The number of carbonyl (C=O) groups excluding carboxylic acids is 1. The Labute approximate surface area is 187 Å². The largest absolute Gasteiger partial charge is 0.444 e. The number of aryl methyl sites for hydroxylation is 1. The highest BCUT2D eigenvalue weighted by atomic mass is 16.6. The van der Waals surface area contributed by atoms with Crippen molar-refractivity contribution in [1.29, 1.82) is 0 Å². The number of hydrogen-bond donors (Lipinski definition) is 1. The van der Waals surface area contributed by atoms with Crippen LogP contribution in [0.4, 0.5) is 4.79 Å². The lowest BCUT2D eigenvalue weighted by Crippen LogP contribution is -2.48. The predicted octanol–water partition coefficient (Wildman–Crippen LogP) is 2.99. The quantitative estimate of drug-likeness (QED) is 0.364. The molecule has 176 valence electrons. The molecule has 1 saturated heterocycles. The number of amides is 1. The number of hydrogen-bond acceptors (Lipinski definition) is 5. The third-order valence-electron chi connectivity index (χ3n) is 5.31. The number of ether oxygens (including phenoxy) is 1. The van der Waals surface area contributed by atoms with E-state index < -0.39 is 5.60 Å². The zero-order valence-electron chi connectivity index (χ0n) is 20.0. The molecule has 0 aromatic carbocycles. The molecule has 1 N–H and O–H groups in total. The van der Waals surface area contributed by atoms with Crippen LogP contribution < -0.4 is 5.32 Å². The third-order valence-corrected chi connectivity index (χ3v) is 5.31. The number of unbranched alkanes of at least 4 members (excludes halogenated alkanes) is 1. The number of likely N-dealkylation sites (tertiary alicyclic amines) is 1. The fraction of sp³-hybridized carbons (Fsp3) is 0.818. The molecule has 1 aromatic rings. The summed E-state index contributed by atoms with van der Waals surface area (Å²) in [6.07, 6.45) is 7.49. The average Bonchev–Trinajstić information content (AvgIpc) is 3.23. The fourth-order valence-electron chi connectivity index (χ4n) is 3.65. The summed E-state index contributed by atoms with van der Waals surface area (Å²) >= 11 is 0. The van der Waals surface area contributed by atoms with Crippen molar-refractivity contribution in [3.05, 3.63) is 12.7 Å². The molecule has 1 fully saturated rings. The topological polar surface area (TPSA) is 87.9 Å². The molecule has 9 nitrogen and oxygen atoms in total. The van der Waals surface area contributed by atoms with E-state index in [9.17, 15) is 4.79 Å². The summed E-state index contributed by atoms with van der Waals surface area (Å²) in [7, 11) is 0. The van der Waals surface area contributed by atoms with Gasteiger partial charge in [-0.25, -0.2) is 4.79 Å². The Hall–Kier alpha value is -2.32. The molecule has 1 amide bonds. The summed E-state index contributed by atoms with van der Waals surface area (Å²) in [6.45, 7) is 15.8. The first kappa shape index (κ1) is 24.9. The first-order valence-corrected chi connectivity index (χ1v) is 11.7. The lowest BCUT2D eigenvalue weighted by molar-refractivity contribution is 0.0214. The molecule has 31 heavy (non-hydrogen) atoms. The third kappa shape index (κ3) is 9.14. The minimum absolute atomic E-state index is 0.209.